The van der Waals surface area contributed by atoms with Gasteiger partial charge in [0.15, 0.2) is 0 Å². The van der Waals surface area contributed by atoms with E-state index >= 15 is 0 Å². The number of nitrogens with one attached hydrogen (secondary N) is 1. The largest absolute Gasteiger partial charge is 0.314 e. The summed E-state index contributed by atoms with van der Waals surface area (Å²) in [5, 5.41) is 3.57. The highest BCUT2D eigenvalue weighted by atomic mass is 14.9. The summed E-state index contributed by atoms with van der Waals surface area (Å²) in [4.78, 5) is 8.75. The molecule has 1 N–H and O–H groups in total. The summed E-state index contributed by atoms with van der Waals surface area (Å²) in [6.07, 6.45) is 7.72. The molecule has 1 aromatic heterocycles. The van der Waals surface area contributed by atoms with Gasteiger partial charge in [-0.3, -0.25) is 0 Å². The quantitative estimate of drug-likeness (QED) is 0.845. The fraction of sp³-hybridized carbons (Fsp3) is 0.692. The van der Waals surface area contributed by atoms with Gasteiger partial charge in [0, 0.05) is 23.9 Å². The highest BCUT2D eigenvalue weighted by molar-refractivity contribution is 5.23. The third-order valence-electron chi connectivity index (χ3n) is 3.48. The summed E-state index contributed by atoms with van der Waals surface area (Å²) in [5.41, 5.74) is 3.71. The van der Waals surface area contributed by atoms with Crippen LogP contribution in [0.15, 0.2) is 6.33 Å². The van der Waals surface area contributed by atoms with E-state index in [0.29, 0.717) is 6.04 Å². The first kappa shape index (κ1) is 11.5. The van der Waals surface area contributed by atoms with Crippen LogP contribution in [0.25, 0.3) is 0 Å². The molecule has 0 aromatic carbocycles. The Morgan fingerprint density at radius 1 is 1.31 bits per heavy atom. The summed E-state index contributed by atoms with van der Waals surface area (Å²) in [6.45, 7) is 5.46. The van der Waals surface area contributed by atoms with Gasteiger partial charge in [-0.2, -0.15) is 0 Å². The lowest BCUT2D eigenvalue weighted by atomic mass is 9.98. The SMILES string of the molecule is CCc1ncnc(CC2CCCCN2)c1C. The molecule has 0 bridgehead atoms. The molecule has 1 aliphatic heterocycles. The number of piperidine rings is 1. The number of aromatic nitrogens is 2. The Balaban J connectivity index is 2.08. The topological polar surface area (TPSA) is 37.8 Å². The number of hydrogen-bond acceptors (Lipinski definition) is 3. The van der Waals surface area contributed by atoms with Crippen molar-refractivity contribution >= 4 is 0 Å². The molecule has 0 radical (unpaired) electrons. The lowest BCUT2D eigenvalue weighted by Crippen LogP contribution is -2.36. The summed E-state index contributed by atoms with van der Waals surface area (Å²) >= 11 is 0. The number of aryl methyl sites for hydroxylation is 1. The maximum Gasteiger partial charge on any atom is 0.115 e. The predicted octanol–water partition coefficient (Wildman–Crippen LogP) is 2.03. The third kappa shape index (κ3) is 2.59. The zero-order valence-electron chi connectivity index (χ0n) is 10.3. The van der Waals surface area contributed by atoms with Gasteiger partial charge in [0.2, 0.25) is 0 Å². The van der Waals surface area contributed by atoms with Crippen molar-refractivity contribution in [2.45, 2.75) is 52.0 Å². The molecule has 0 amide bonds. The van der Waals surface area contributed by atoms with Crippen molar-refractivity contribution in [3.63, 3.8) is 0 Å². The summed E-state index contributed by atoms with van der Waals surface area (Å²) in [6, 6.07) is 0.618. The molecule has 3 nitrogen and oxygen atoms in total. The van der Waals surface area contributed by atoms with Crippen LogP contribution in [0.3, 0.4) is 0 Å². The molecule has 0 saturated carbocycles. The van der Waals surface area contributed by atoms with Gasteiger partial charge in [0.25, 0.3) is 0 Å². The molecule has 1 atom stereocenters. The first-order valence-corrected chi connectivity index (χ1v) is 6.34. The smallest absolute Gasteiger partial charge is 0.115 e. The lowest BCUT2D eigenvalue weighted by Gasteiger charge is -2.23. The Bertz CT molecular complexity index is 343. The highest BCUT2D eigenvalue weighted by Gasteiger charge is 2.15. The van der Waals surface area contributed by atoms with E-state index in [9.17, 15) is 0 Å². The van der Waals surface area contributed by atoms with Gasteiger partial charge in [-0.15, -0.1) is 0 Å². The van der Waals surface area contributed by atoms with E-state index in [1.165, 1.54) is 36.2 Å². The fourth-order valence-corrected chi connectivity index (χ4v) is 2.42. The van der Waals surface area contributed by atoms with Gasteiger partial charge >= 0.3 is 0 Å². The minimum atomic E-state index is 0.618. The van der Waals surface area contributed by atoms with E-state index in [0.717, 1.165) is 19.4 Å². The Morgan fingerprint density at radius 2 is 2.12 bits per heavy atom. The maximum absolute atomic E-state index is 4.43. The first-order chi connectivity index (χ1) is 7.81. The Hall–Kier alpha value is -0.960. The van der Waals surface area contributed by atoms with Crippen molar-refractivity contribution < 1.29 is 0 Å². The molecule has 16 heavy (non-hydrogen) atoms. The van der Waals surface area contributed by atoms with Crippen LogP contribution in [-0.2, 0) is 12.8 Å². The second-order valence-electron chi connectivity index (χ2n) is 4.60. The van der Waals surface area contributed by atoms with Crippen LogP contribution in [0.2, 0.25) is 0 Å². The molecule has 1 unspecified atom stereocenters. The summed E-state index contributed by atoms with van der Waals surface area (Å²) in [5.74, 6) is 0. The molecular weight excluding hydrogens is 198 g/mol. The molecule has 0 spiro atoms. The minimum absolute atomic E-state index is 0.618. The van der Waals surface area contributed by atoms with Crippen LogP contribution in [0.1, 0.15) is 43.1 Å². The van der Waals surface area contributed by atoms with Crippen molar-refractivity contribution in [2.75, 3.05) is 6.54 Å². The number of hydrogen-bond donors (Lipinski definition) is 1. The Morgan fingerprint density at radius 3 is 2.81 bits per heavy atom. The van der Waals surface area contributed by atoms with Crippen LogP contribution >= 0.6 is 0 Å². The average molecular weight is 219 g/mol. The summed E-state index contributed by atoms with van der Waals surface area (Å²) in [7, 11) is 0. The number of nitrogens with zero attached hydrogens (tertiary/aromatic N) is 2. The van der Waals surface area contributed by atoms with Gasteiger partial charge in [0.05, 0.1) is 0 Å². The van der Waals surface area contributed by atoms with Gasteiger partial charge in [-0.05, 0) is 38.3 Å². The first-order valence-electron chi connectivity index (χ1n) is 6.34. The second-order valence-corrected chi connectivity index (χ2v) is 4.60. The standard InChI is InChI=1S/C13H21N3/c1-3-12-10(2)13(16-9-15-12)8-11-6-4-5-7-14-11/h9,11,14H,3-8H2,1-2H3. The van der Waals surface area contributed by atoms with Crippen molar-refractivity contribution in [1.29, 1.82) is 0 Å². The molecule has 1 saturated heterocycles. The van der Waals surface area contributed by atoms with Gasteiger partial charge in [-0.1, -0.05) is 13.3 Å². The maximum atomic E-state index is 4.43. The molecule has 2 rings (SSSR count). The van der Waals surface area contributed by atoms with E-state index in [-0.39, 0.29) is 0 Å². The molecule has 2 heterocycles. The number of rotatable bonds is 3. The second kappa shape index (κ2) is 5.39. The van der Waals surface area contributed by atoms with E-state index < -0.39 is 0 Å². The Kier molecular flexibility index (Phi) is 3.88. The molecule has 1 fully saturated rings. The van der Waals surface area contributed by atoms with E-state index in [4.69, 9.17) is 0 Å². The van der Waals surface area contributed by atoms with Crippen LogP contribution in [0.4, 0.5) is 0 Å². The van der Waals surface area contributed by atoms with E-state index in [1.807, 2.05) is 0 Å². The van der Waals surface area contributed by atoms with E-state index in [1.54, 1.807) is 6.33 Å². The van der Waals surface area contributed by atoms with Crippen molar-refractivity contribution in [1.82, 2.24) is 15.3 Å². The Labute approximate surface area is 97.7 Å². The minimum Gasteiger partial charge on any atom is -0.314 e. The third-order valence-corrected chi connectivity index (χ3v) is 3.48. The normalized spacial score (nSPS) is 21.0. The van der Waals surface area contributed by atoms with Crippen LogP contribution < -0.4 is 5.32 Å². The average Bonchev–Trinajstić information content (AvgIpc) is 2.33. The van der Waals surface area contributed by atoms with Crippen molar-refractivity contribution in [3.8, 4) is 0 Å². The molecule has 1 aliphatic rings. The van der Waals surface area contributed by atoms with Gasteiger partial charge < -0.3 is 5.32 Å². The van der Waals surface area contributed by atoms with Gasteiger partial charge in [-0.25, -0.2) is 9.97 Å². The fourth-order valence-electron chi connectivity index (χ4n) is 2.42. The van der Waals surface area contributed by atoms with Crippen LogP contribution in [-0.4, -0.2) is 22.6 Å². The molecular formula is C13H21N3. The molecule has 88 valence electrons. The van der Waals surface area contributed by atoms with Crippen LogP contribution in [0, 0.1) is 6.92 Å². The van der Waals surface area contributed by atoms with Crippen LogP contribution in [0.5, 0.6) is 0 Å². The van der Waals surface area contributed by atoms with Gasteiger partial charge in [0.1, 0.15) is 6.33 Å². The summed E-state index contributed by atoms with van der Waals surface area (Å²) < 4.78 is 0. The van der Waals surface area contributed by atoms with E-state index in [2.05, 4.69) is 29.1 Å². The zero-order chi connectivity index (χ0) is 11.4. The lowest BCUT2D eigenvalue weighted by molar-refractivity contribution is 0.396. The molecule has 3 heteroatoms. The highest BCUT2D eigenvalue weighted by Crippen LogP contribution is 2.15. The van der Waals surface area contributed by atoms with Crippen molar-refractivity contribution in [2.24, 2.45) is 0 Å². The van der Waals surface area contributed by atoms with Crippen molar-refractivity contribution in [3.05, 3.63) is 23.3 Å². The zero-order valence-corrected chi connectivity index (χ0v) is 10.3. The molecule has 1 aromatic rings. The predicted molar refractivity (Wildman–Crippen MR) is 65.5 cm³/mol. The molecule has 0 aliphatic carbocycles. The monoisotopic (exact) mass is 219 g/mol.